The molecule has 116 valence electrons. The normalized spacial score (nSPS) is 29.4. The predicted octanol–water partition coefficient (Wildman–Crippen LogP) is 1.62. The number of hydrogen-bond donors (Lipinski definition) is 2. The van der Waals surface area contributed by atoms with Crippen LogP contribution in [-0.2, 0) is 21.5 Å². The van der Waals surface area contributed by atoms with Crippen molar-refractivity contribution in [2.24, 2.45) is 10.7 Å². The number of nitrogens with two attached hydrogens (primary N) is 1. The van der Waals surface area contributed by atoms with E-state index in [0.717, 1.165) is 39.0 Å². The van der Waals surface area contributed by atoms with E-state index in [1.807, 2.05) is 0 Å². The Kier molecular flexibility index (Phi) is 4.47. The van der Waals surface area contributed by atoms with E-state index in [0.29, 0.717) is 12.5 Å². The first-order valence-corrected chi connectivity index (χ1v) is 8.41. The number of thiophene rings is 1. The van der Waals surface area contributed by atoms with Gasteiger partial charge in [0.05, 0.1) is 19.3 Å². The Morgan fingerprint density at radius 2 is 2.48 bits per heavy atom. The van der Waals surface area contributed by atoms with Gasteiger partial charge in [0.1, 0.15) is 5.60 Å². The fourth-order valence-corrected chi connectivity index (χ4v) is 3.88. The Morgan fingerprint density at radius 1 is 1.57 bits per heavy atom. The van der Waals surface area contributed by atoms with E-state index < -0.39 is 0 Å². The van der Waals surface area contributed by atoms with Crippen LogP contribution >= 0.6 is 11.3 Å². The average Bonchev–Trinajstić information content (AvgIpc) is 3.14. The molecule has 2 aliphatic heterocycles. The highest BCUT2D eigenvalue weighted by Gasteiger charge is 2.33. The van der Waals surface area contributed by atoms with Crippen molar-refractivity contribution in [2.45, 2.75) is 37.9 Å². The number of hydrogen-bond acceptors (Lipinski definition) is 4. The van der Waals surface area contributed by atoms with Crippen LogP contribution in [0.25, 0.3) is 0 Å². The standard InChI is InChI=1S/C15H23N3O2S/c1-15(12-5-8-21-13(12)4-7-20-15)10-18-14(16)17-9-11-3-2-6-19-11/h5,8,11H,2-4,6-7,9-10H2,1H3,(H3,16,17,18). The van der Waals surface area contributed by atoms with Gasteiger partial charge in [-0.15, -0.1) is 11.3 Å². The Bertz CT molecular complexity index is 511. The molecule has 3 rings (SSSR count). The summed E-state index contributed by atoms with van der Waals surface area (Å²) < 4.78 is 11.5. The van der Waals surface area contributed by atoms with Crippen LogP contribution in [0.15, 0.2) is 16.4 Å². The maximum Gasteiger partial charge on any atom is 0.188 e. The van der Waals surface area contributed by atoms with Gasteiger partial charge >= 0.3 is 0 Å². The minimum absolute atomic E-state index is 0.267. The molecule has 1 aromatic heterocycles. The van der Waals surface area contributed by atoms with E-state index in [9.17, 15) is 0 Å². The summed E-state index contributed by atoms with van der Waals surface area (Å²) in [5.74, 6) is 0.470. The highest BCUT2D eigenvalue weighted by Crippen LogP contribution is 2.36. The first-order chi connectivity index (χ1) is 10.2. The van der Waals surface area contributed by atoms with Crippen LogP contribution < -0.4 is 11.1 Å². The van der Waals surface area contributed by atoms with Gasteiger partial charge in [-0.2, -0.15) is 0 Å². The summed E-state index contributed by atoms with van der Waals surface area (Å²) in [4.78, 5) is 5.87. The number of rotatable bonds is 4. The van der Waals surface area contributed by atoms with Gasteiger partial charge in [0.15, 0.2) is 5.96 Å². The number of fused-ring (bicyclic) bond motifs is 1. The largest absolute Gasteiger partial charge is 0.376 e. The summed E-state index contributed by atoms with van der Waals surface area (Å²) in [7, 11) is 0. The van der Waals surface area contributed by atoms with E-state index in [-0.39, 0.29) is 11.7 Å². The molecule has 1 saturated heterocycles. The lowest BCUT2D eigenvalue weighted by molar-refractivity contribution is -0.0375. The van der Waals surface area contributed by atoms with E-state index in [1.165, 1.54) is 10.4 Å². The van der Waals surface area contributed by atoms with Crippen LogP contribution in [0, 0.1) is 0 Å². The molecular weight excluding hydrogens is 286 g/mol. The van der Waals surface area contributed by atoms with Gasteiger partial charge in [0, 0.05) is 24.4 Å². The zero-order valence-corrected chi connectivity index (χ0v) is 13.2. The molecule has 0 spiro atoms. The Labute approximate surface area is 129 Å². The topological polar surface area (TPSA) is 68.9 Å². The molecule has 21 heavy (non-hydrogen) atoms. The monoisotopic (exact) mass is 309 g/mol. The highest BCUT2D eigenvalue weighted by molar-refractivity contribution is 7.10. The van der Waals surface area contributed by atoms with Gasteiger partial charge in [-0.25, -0.2) is 0 Å². The molecule has 0 aromatic carbocycles. The third-order valence-corrected chi connectivity index (χ3v) is 5.13. The van der Waals surface area contributed by atoms with E-state index in [2.05, 4.69) is 28.7 Å². The minimum atomic E-state index is -0.357. The number of aliphatic imine (C=N–C) groups is 1. The van der Waals surface area contributed by atoms with Crippen molar-refractivity contribution in [3.63, 3.8) is 0 Å². The summed E-state index contributed by atoms with van der Waals surface area (Å²) in [6.07, 6.45) is 3.50. The predicted molar refractivity (Wildman–Crippen MR) is 84.8 cm³/mol. The van der Waals surface area contributed by atoms with Crippen molar-refractivity contribution in [3.8, 4) is 0 Å². The van der Waals surface area contributed by atoms with Crippen LogP contribution in [0.1, 0.15) is 30.2 Å². The first kappa shape index (κ1) is 14.8. The van der Waals surface area contributed by atoms with Crippen LogP contribution in [-0.4, -0.2) is 38.4 Å². The van der Waals surface area contributed by atoms with Gasteiger partial charge in [0.2, 0.25) is 0 Å². The Balaban J connectivity index is 1.57. The summed E-state index contributed by atoms with van der Waals surface area (Å²) in [5.41, 5.74) is 6.85. The quantitative estimate of drug-likeness (QED) is 0.655. The summed E-state index contributed by atoms with van der Waals surface area (Å²) in [5, 5.41) is 5.27. The molecule has 1 aromatic rings. The second-order valence-corrected chi connectivity index (χ2v) is 6.80. The number of guanidine groups is 1. The molecule has 2 atom stereocenters. The smallest absolute Gasteiger partial charge is 0.188 e. The molecule has 0 amide bonds. The number of ether oxygens (including phenoxy) is 2. The first-order valence-electron chi connectivity index (χ1n) is 7.53. The molecule has 0 bridgehead atoms. The van der Waals surface area contributed by atoms with E-state index in [4.69, 9.17) is 15.2 Å². The van der Waals surface area contributed by atoms with Crippen molar-refractivity contribution in [3.05, 3.63) is 21.9 Å². The van der Waals surface area contributed by atoms with Gasteiger partial charge in [-0.05, 0) is 36.8 Å². The van der Waals surface area contributed by atoms with Crippen molar-refractivity contribution in [1.82, 2.24) is 5.32 Å². The molecular formula is C15H23N3O2S. The molecule has 6 heteroatoms. The van der Waals surface area contributed by atoms with Crippen LogP contribution in [0.4, 0.5) is 0 Å². The molecule has 1 fully saturated rings. The second kappa shape index (κ2) is 6.34. The van der Waals surface area contributed by atoms with Crippen molar-refractivity contribution < 1.29 is 9.47 Å². The van der Waals surface area contributed by atoms with Crippen molar-refractivity contribution in [2.75, 3.05) is 26.3 Å². The molecule has 0 aliphatic carbocycles. The fraction of sp³-hybridized carbons (Fsp3) is 0.667. The summed E-state index contributed by atoms with van der Waals surface area (Å²) >= 11 is 1.80. The molecule has 3 heterocycles. The van der Waals surface area contributed by atoms with Gasteiger partial charge in [0.25, 0.3) is 0 Å². The molecule has 2 aliphatic rings. The zero-order valence-electron chi connectivity index (χ0n) is 12.4. The van der Waals surface area contributed by atoms with Gasteiger partial charge in [-0.1, -0.05) is 0 Å². The summed E-state index contributed by atoms with van der Waals surface area (Å²) in [6, 6.07) is 2.14. The highest BCUT2D eigenvalue weighted by atomic mass is 32.1. The average molecular weight is 309 g/mol. The molecule has 2 unspecified atom stereocenters. The molecule has 3 N–H and O–H groups in total. The van der Waals surface area contributed by atoms with Gasteiger partial charge in [-0.3, -0.25) is 4.99 Å². The molecule has 0 saturated carbocycles. The van der Waals surface area contributed by atoms with Crippen molar-refractivity contribution >= 4 is 17.3 Å². The van der Waals surface area contributed by atoms with Crippen LogP contribution in [0.5, 0.6) is 0 Å². The lowest BCUT2D eigenvalue weighted by atomic mass is 9.93. The maximum absolute atomic E-state index is 5.97. The van der Waals surface area contributed by atoms with Crippen molar-refractivity contribution in [1.29, 1.82) is 0 Å². The van der Waals surface area contributed by atoms with Crippen LogP contribution in [0.3, 0.4) is 0 Å². The SMILES string of the molecule is CC1(CN=C(N)NCC2CCCO2)OCCc2sccc21. The van der Waals surface area contributed by atoms with E-state index >= 15 is 0 Å². The Hall–Kier alpha value is -1.11. The fourth-order valence-electron chi connectivity index (χ4n) is 2.90. The van der Waals surface area contributed by atoms with E-state index in [1.54, 1.807) is 11.3 Å². The maximum atomic E-state index is 5.97. The second-order valence-electron chi connectivity index (χ2n) is 5.80. The lowest BCUT2D eigenvalue weighted by Crippen LogP contribution is -2.40. The number of nitrogens with one attached hydrogen (secondary N) is 1. The van der Waals surface area contributed by atoms with Gasteiger partial charge < -0.3 is 20.5 Å². The molecule has 0 radical (unpaired) electrons. The number of nitrogens with zero attached hydrogens (tertiary/aromatic N) is 1. The Morgan fingerprint density at radius 3 is 3.29 bits per heavy atom. The van der Waals surface area contributed by atoms with Crippen LogP contribution in [0.2, 0.25) is 0 Å². The minimum Gasteiger partial charge on any atom is -0.376 e. The third kappa shape index (κ3) is 3.39. The zero-order chi connectivity index (χ0) is 14.7. The third-order valence-electron chi connectivity index (χ3n) is 4.15. The molecule has 5 nitrogen and oxygen atoms in total. The lowest BCUT2D eigenvalue weighted by Gasteiger charge is -2.33. The summed E-state index contributed by atoms with van der Waals surface area (Å²) in [6.45, 7) is 4.98.